The van der Waals surface area contributed by atoms with Crippen LogP contribution in [-0.4, -0.2) is 23.6 Å². The summed E-state index contributed by atoms with van der Waals surface area (Å²) in [6, 6.07) is 7.63. The van der Waals surface area contributed by atoms with Gasteiger partial charge in [0.1, 0.15) is 18.2 Å². The maximum absolute atomic E-state index is 6.20. The summed E-state index contributed by atoms with van der Waals surface area (Å²) in [5.74, 6) is 2.03. The molecule has 0 atom stereocenters. The smallest absolute Gasteiger partial charge is 0.158 e. The molecule has 0 bridgehead atoms. The Labute approximate surface area is 129 Å². The highest BCUT2D eigenvalue weighted by atomic mass is 35.5. The van der Waals surface area contributed by atoms with Crippen LogP contribution in [0.5, 0.6) is 0 Å². The first-order valence-electron chi connectivity index (χ1n) is 6.79. The molecule has 0 amide bonds. The van der Waals surface area contributed by atoms with Gasteiger partial charge in [0.15, 0.2) is 5.82 Å². The largest absolute Gasteiger partial charge is 0.374 e. The van der Waals surface area contributed by atoms with Crippen LogP contribution in [0.1, 0.15) is 18.3 Å². The maximum Gasteiger partial charge on any atom is 0.158 e. The summed E-state index contributed by atoms with van der Waals surface area (Å²) in [6.45, 7) is 4.95. The molecule has 0 saturated heterocycles. The predicted molar refractivity (Wildman–Crippen MR) is 86.4 cm³/mol. The molecule has 0 aliphatic carbocycles. The molecule has 21 heavy (non-hydrogen) atoms. The molecule has 2 N–H and O–H groups in total. The van der Waals surface area contributed by atoms with E-state index in [4.69, 9.17) is 16.3 Å². The van der Waals surface area contributed by atoms with Gasteiger partial charge in [0.2, 0.25) is 0 Å². The number of aromatic nitrogens is 2. The van der Waals surface area contributed by atoms with Crippen LogP contribution in [0, 0.1) is 6.92 Å². The summed E-state index contributed by atoms with van der Waals surface area (Å²) in [4.78, 5) is 8.79. The summed E-state index contributed by atoms with van der Waals surface area (Å²) in [5.41, 5.74) is 1.94. The van der Waals surface area contributed by atoms with Crippen LogP contribution in [0.15, 0.2) is 24.3 Å². The van der Waals surface area contributed by atoms with Crippen molar-refractivity contribution >= 4 is 28.9 Å². The lowest BCUT2D eigenvalue weighted by atomic mass is 10.2. The fourth-order valence-corrected chi connectivity index (χ4v) is 1.98. The number of benzene rings is 1. The standard InChI is InChI=1S/C15H19ClN4O/c1-4-21-9-15-19-13(17-3)8-14(20-15)18-12-7-10(2)5-6-11(12)16/h5-8H,4,9H2,1-3H3,(H2,17,18,19,20). The number of nitrogens with one attached hydrogen (secondary N) is 2. The first kappa shape index (κ1) is 15.5. The van der Waals surface area contributed by atoms with E-state index in [1.807, 2.05) is 45.2 Å². The fraction of sp³-hybridized carbons (Fsp3) is 0.333. The predicted octanol–water partition coefficient (Wildman–Crippen LogP) is 3.76. The number of aryl methyl sites for hydroxylation is 1. The van der Waals surface area contributed by atoms with E-state index in [0.717, 1.165) is 17.1 Å². The van der Waals surface area contributed by atoms with E-state index in [1.165, 1.54) is 0 Å². The van der Waals surface area contributed by atoms with Crippen molar-refractivity contribution in [3.8, 4) is 0 Å². The van der Waals surface area contributed by atoms with E-state index in [9.17, 15) is 0 Å². The summed E-state index contributed by atoms with van der Waals surface area (Å²) in [5, 5.41) is 6.89. The van der Waals surface area contributed by atoms with Crippen LogP contribution in [-0.2, 0) is 11.3 Å². The van der Waals surface area contributed by atoms with Crippen LogP contribution < -0.4 is 10.6 Å². The van der Waals surface area contributed by atoms with Crippen LogP contribution in [0.4, 0.5) is 17.3 Å². The molecule has 0 aliphatic rings. The Hall–Kier alpha value is -1.85. The van der Waals surface area contributed by atoms with E-state index in [0.29, 0.717) is 29.9 Å². The van der Waals surface area contributed by atoms with Gasteiger partial charge in [-0.25, -0.2) is 9.97 Å². The van der Waals surface area contributed by atoms with Crippen molar-refractivity contribution in [2.75, 3.05) is 24.3 Å². The minimum Gasteiger partial charge on any atom is -0.374 e. The van der Waals surface area contributed by atoms with Crippen molar-refractivity contribution in [1.82, 2.24) is 9.97 Å². The SMILES string of the molecule is CCOCc1nc(NC)cc(Nc2cc(C)ccc2Cl)n1. The number of hydrogen-bond acceptors (Lipinski definition) is 5. The first-order chi connectivity index (χ1) is 10.1. The molecule has 1 heterocycles. The van der Waals surface area contributed by atoms with Crippen molar-refractivity contribution in [3.63, 3.8) is 0 Å². The van der Waals surface area contributed by atoms with Gasteiger partial charge < -0.3 is 15.4 Å². The van der Waals surface area contributed by atoms with Crippen molar-refractivity contribution in [2.24, 2.45) is 0 Å². The third-order valence-corrected chi connectivity index (χ3v) is 3.18. The third kappa shape index (κ3) is 4.31. The number of rotatable bonds is 6. The molecule has 1 aromatic heterocycles. The quantitative estimate of drug-likeness (QED) is 0.851. The minimum atomic E-state index is 0.377. The fourth-order valence-electron chi connectivity index (χ4n) is 1.82. The molecule has 6 heteroatoms. The molecular weight excluding hydrogens is 288 g/mol. The van der Waals surface area contributed by atoms with Crippen LogP contribution in [0.25, 0.3) is 0 Å². The van der Waals surface area contributed by atoms with E-state index in [2.05, 4.69) is 20.6 Å². The summed E-state index contributed by atoms with van der Waals surface area (Å²) >= 11 is 6.20. The summed E-state index contributed by atoms with van der Waals surface area (Å²) in [6.07, 6.45) is 0. The molecule has 0 fully saturated rings. The normalized spacial score (nSPS) is 10.5. The monoisotopic (exact) mass is 306 g/mol. The lowest BCUT2D eigenvalue weighted by Gasteiger charge is -2.11. The van der Waals surface area contributed by atoms with Crippen molar-refractivity contribution in [3.05, 3.63) is 40.7 Å². The van der Waals surface area contributed by atoms with Gasteiger partial charge in [0.05, 0.1) is 10.7 Å². The van der Waals surface area contributed by atoms with Crippen LogP contribution >= 0.6 is 11.6 Å². The number of ether oxygens (including phenoxy) is 1. The first-order valence-corrected chi connectivity index (χ1v) is 7.16. The van der Waals surface area contributed by atoms with Gasteiger partial charge in [-0.05, 0) is 31.5 Å². The molecule has 2 aromatic rings. The van der Waals surface area contributed by atoms with Crippen LogP contribution in [0.2, 0.25) is 5.02 Å². The van der Waals surface area contributed by atoms with E-state index in [1.54, 1.807) is 0 Å². The van der Waals surface area contributed by atoms with Gasteiger partial charge >= 0.3 is 0 Å². The molecule has 1 aromatic carbocycles. The highest BCUT2D eigenvalue weighted by molar-refractivity contribution is 6.33. The second-order valence-electron chi connectivity index (χ2n) is 4.55. The molecule has 112 valence electrons. The molecule has 5 nitrogen and oxygen atoms in total. The van der Waals surface area contributed by atoms with Gasteiger partial charge in [-0.2, -0.15) is 0 Å². The van der Waals surface area contributed by atoms with E-state index < -0.39 is 0 Å². The molecule has 0 radical (unpaired) electrons. The second-order valence-corrected chi connectivity index (χ2v) is 4.96. The Morgan fingerprint density at radius 2 is 1.95 bits per heavy atom. The molecule has 0 aliphatic heterocycles. The number of hydrogen-bond donors (Lipinski definition) is 2. The highest BCUT2D eigenvalue weighted by Crippen LogP contribution is 2.26. The minimum absolute atomic E-state index is 0.377. The van der Waals surface area contributed by atoms with Gasteiger partial charge in [0.25, 0.3) is 0 Å². The number of halogens is 1. The van der Waals surface area contributed by atoms with Crippen molar-refractivity contribution in [2.45, 2.75) is 20.5 Å². The Morgan fingerprint density at radius 1 is 1.19 bits per heavy atom. The Balaban J connectivity index is 2.27. The van der Waals surface area contributed by atoms with Crippen molar-refractivity contribution in [1.29, 1.82) is 0 Å². The lowest BCUT2D eigenvalue weighted by Crippen LogP contribution is -2.05. The summed E-state index contributed by atoms with van der Waals surface area (Å²) < 4.78 is 5.36. The van der Waals surface area contributed by atoms with Gasteiger partial charge in [-0.15, -0.1) is 0 Å². The zero-order valence-corrected chi connectivity index (χ0v) is 13.2. The van der Waals surface area contributed by atoms with Crippen LogP contribution in [0.3, 0.4) is 0 Å². The zero-order chi connectivity index (χ0) is 15.2. The van der Waals surface area contributed by atoms with Gasteiger partial charge in [-0.1, -0.05) is 17.7 Å². The van der Waals surface area contributed by atoms with Gasteiger partial charge in [-0.3, -0.25) is 0 Å². The third-order valence-electron chi connectivity index (χ3n) is 2.85. The second kappa shape index (κ2) is 7.24. The highest BCUT2D eigenvalue weighted by Gasteiger charge is 2.07. The maximum atomic E-state index is 6.20. The Kier molecular flexibility index (Phi) is 5.36. The van der Waals surface area contributed by atoms with E-state index >= 15 is 0 Å². The Morgan fingerprint density at radius 3 is 2.67 bits per heavy atom. The average Bonchev–Trinajstić information content (AvgIpc) is 2.48. The lowest BCUT2D eigenvalue weighted by molar-refractivity contribution is 0.128. The van der Waals surface area contributed by atoms with E-state index in [-0.39, 0.29) is 0 Å². The molecular formula is C15H19ClN4O. The molecule has 2 rings (SSSR count). The topological polar surface area (TPSA) is 59.1 Å². The average molecular weight is 307 g/mol. The summed E-state index contributed by atoms with van der Waals surface area (Å²) in [7, 11) is 1.82. The molecule has 0 saturated carbocycles. The van der Waals surface area contributed by atoms with Crippen molar-refractivity contribution < 1.29 is 4.74 Å². The zero-order valence-electron chi connectivity index (χ0n) is 12.4. The number of nitrogens with zero attached hydrogens (tertiary/aromatic N) is 2. The molecule has 0 unspecified atom stereocenters. The Bertz CT molecular complexity index is 619. The van der Waals surface area contributed by atoms with Gasteiger partial charge in [0, 0.05) is 19.7 Å². The number of anilines is 3. The molecule has 0 spiro atoms.